The molecule has 1 heterocycles. The zero-order valence-electron chi connectivity index (χ0n) is 10.5. The van der Waals surface area contributed by atoms with Crippen molar-refractivity contribution in [3.63, 3.8) is 0 Å². The van der Waals surface area contributed by atoms with Gasteiger partial charge < -0.3 is 10.1 Å². The summed E-state index contributed by atoms with van der Waals surface area (Å²) in [7, 11) is 1.80. The van der Waals surface area contributed by atoms with Gasteiger partial charge in [-0.3, -0.25) is 9.48 Å². The van der Waals surface area contributed by atoms with Crippen LogP contribution in [0, 0.1) is 5.82 Å². The number of nitrogens with one attached hydrogen (secondary N) is 1. The summed E-state index contributed by atoms with van der Waals surface area (Å²) < 4.78 is 20.0. The Bertz CT molecular complexity index is 569. The zero-order chi connectivity index (χ0) is 13.7. The molecule has 2 rings (SSSR count). The number of hydrogen-bond donors (Lipinski definition) is 1. The van der Waals surface area contributed by atoms with Crippen LogP contribution in [-0.2, 0) is 18.4 Å². The Morgan fingerprint density at radius 2 is 2.26 bits per heavy atom. The number of benzene rings is 1. The van der Waals surface area contributed by atoms with E-state index >= 15 is 0 Å². The average Bonchev–Trinajstić information content (AvgIpc) is 2.81. The van der Waals surface area contributed by atoms with E-state index in [0.717, 1.165) is 5.56 Å². The first-order valence-electron chi connectivity index (χ1n) is 5.76. The molecule has 0 aliphatic carbocycles. The predicted octanol–water partition coefficient (Wildman–Crippen LogP) is 1.25. The van der Waals surface area contributed by atoms with Crippen LogP contribution in [0.3, 0.4) is 0 Å². The summed E-state index contributed by atoms with van der Waals surface area (Å²) in [6.45, 7) is 0.147. The molecular formula is C13H14FN3O2. The lowest BCUT2D eigenvalue weighted by atomic mass is 10.3. The molecule has 19 heavy (non-hydrogen) atoms. The van der Waals surface area contributed by atoms with Crippen molar-refractivity contribution in [2.45, 2.75) is 6.54 Å². The first kappa shape index (κ1) is 13.1. The molecule has 2 aromatic rings. The summed E-state index contributed by atoms with van der Waals surface area (Å²) in [5.74, 6) is -0.728. The predicted molar refractivity (Wildman–Crippen MR) is 66.9 cm³/mol. The van der Waals surface area contributed by atoms with Gasteiger partial charge in [-0.2, -0.15) is 5.10 Å². The first-order valence-corrected chi connectivity index (χ1v) is 5.76. The minimum absolute atomic E-state index is 0.0685. The molecule has 1 aromatic carbocycles. The van der Waals surface area contributed by atoms with Crippen molar-refractivity contribution in [2.24, 2.45) is 7.05 Å². The highest BCUT2D eigenvalue weighted by Crippen LogP contribution is 2.14. The molecule has 0 spiro atoms. The van der Waals surface area contributed by atoms with Crippen LogP contribution in [0.4, 0.5) is 4.39 Å². The Labute approximate surface area is 110 Å². The number of carbonyl (C=O) groups excluding carboxylic acids is 1. The van der Waals surface area contributed by atoms with E-state index < -0.39 is 5.82 Å². The molecule has 1 amide bonds. The van der Waals surface area contributed by atoms with Crippen molar-refractivity contribution in [2.75, 3.05) is 6.61 Å². The molecule has 1 aromatic heterocycles. The van der Waals surface area contributed by atoms with Crippen molar-refractivity contribution in [3.8, 4) is 5.75 Å². The van der Waals surface area contributed by atoms with Crippen molar-refractivity contribution < 1.29 is 13.9 Å². The Kier molecular flexibility index (Phi) is 4.12. The van der Waals surface area contributed by atoms with Gasteiger partial charge in [0.2, 0.25) is 0 Å². The summed E-state index contributed by atoms with van der Waals surface area (Å²) in [4.78, 5) is 11.5. The fraction of sp³-hybridized carbons (Fsp3) is 0.231. The van der Waals surface area contributed by atoms with E-state index in [9.17, 15) is 9.18 Å². The lowest BCUT2D eigenvalue weighted by Crippen LogP contribution is -2.28. The van der Waals surface area contributed by atoms with Crippen LogP contribution < -0.4 is 10.1 Å². The average molecular weight is 263 g/mol. The van der Waals surface area contributed by atoms with Gasteiger partial charge in [-0.25, -0.2) is 4.39 Å². The summed E-state index contributed by atoms with van der Waals surface area (Å²) in [6, 6.07) is 5.96. The molecule has 1 N–H and O–H groups in total. The normalized spacial score (nSPS) is 10.2. The lowest BCUT2D eigenvalue weighted by Gasteiger charge is -2.07. The fourth-order valence-electron chi connectivity index (χ4n) is 1.52. The number of hydrogen-bond acceptors (Lipinski definition) is 3. The van der Waals surface area contributed by atoms with Crippen LogP contribution >= 0.6 is 0 Å². The van der Waals surface area contributed by atoms with Gasteiger partial charge in [0.15, 0.2) is 18.2 Å². The minimum Gasteiger partial charge on any atom is -0.481 e. The van der Waals surface area contributed by atoms with E-state index in [1.54, 1.807) is 36.3 Å². The third-order valence-electron chi connectivity index (χ3n) is 2.44. The highest BCUT2D eigenvalue weighted by molar-refractivity contribution is 5.77. The summed E-state index contributed by atoms with van der Waals surface area (Å²) in [6.07, 6.45) is 3.47. The molecule has 0 unspecified atom stereocenters. The smallest absolute Gasteiger partial charge is 0.258 e. The van der Waals surface area contributed by atoms with E-state index in [1.807, 2.05) is 0 Å². The number of halogens is 1. The number of rotatable bonds is 5. The minimum atomic E-state index is -0.484. The Morgan fingerprint density at radius 1 is 1.47 bits per heavy atom. The van der Waals surface area contributed by atoms with Crippen LogP contribution in [0.25, 0.3) is 0 Å². The number of aromatic nitrogens is 2. The lowest BCUT2D eigenvalue weighted by molar-refractivity contribution is -0.123. The van der Waals surface area contributed by atoms with E-state index in [4.69, 9.17) is 4.74 Å². The summed E-state index contributed by atoms with van der Waals surface area (Å²) in [5, 5.41) is 6.65. The van der Waals surface area contributed by atoms with Crippen LogP contribution in [0.2, 0.25) is 0 Å². The molecule has 100 valence electrons. The zero-order valence-corrected chi connectivity index (χ0v) is 10.5. The van der Waals surface area contributed by atoms with Crippen molar-refractivity contribution >= 4 is 5.91 Å². The Hall–Kier alpha value is -2.37. The van der Waals surface area contributed by atoms with Gasteiger partial charge in [0.25, 0.3) is 5.91 Å². The Balaban J connectivity index is 1.77. The second kappa shape index (κ2) is 5.99. The molecular weight excluding hydrogens is 249 g/mol. The second-order valence-electron chi connectivity index (χ2n) is 4.02. The maximum absolute atomic E-state index is 13.2. The van der Waals surface area contributed by atoms with E-state index in [2.05, 4.69) is 10.4 Å². The van der Waals surface area contributed by atoms with Gasteiger partial charge in [-0.1, -0.05) is 12.1 Å². The number of carbonyl (C=O) groups is 1. The quantitative estimate of drug-likeness (QED) is 0.883. The molecule has 6 heteroatoms. The first-order chi connectivity index (χ1) is 9.15. The molecule has 0 saturated heterocycles. The van der Waals surface area contributed by atoms with Crippen LogP contribution in [0.15, 0.2) is 36.7 Å². The number of ether oxygens (including phenoxy) is 1. The molecule has 5 nitrogen and oxygen atoms in total. The summed E-state index contributed by atoms with van der Waals surface area (Å²) in [5.41, 5.74) is 0.891. The molecule has 0 aliphatic rings. The molecule has 0 bridgehead atoms. The van der Waals surface area contributed by atoms with Gasteiger partial charge in [0.05, 0.1) is 6.20 Å². The summed E-state index contributed by atoms with van der Waals surface area (Å²) >= 11 is 0. The highest BCUT2D eigenvalue weighted by Gasteiger charge is 2.06. The van der Waals surface area contributed by atoms with Gasteiger partial charge in [-0.05, 0) is 12.1 Å². The molecule has 0 saturated carbocycles. The van der Waals surface area contributed by atoms with Crippen LogP contribution in [0.5, 0.6) is 5.75 Å². The fourth-order valence-corrected chi connectivity index (χ4v) is 1.52. The van der Waals surface area contributed by atoms with Crippen molar-refractivity contribution in [3.05, 3.63) is 48.0 Å². The third-order valence-corrected chi connectivity index (χ3v) is 2.44. The number of amides is 1. The van der Waals surface area contributed by atoms with E-state index in [0.29, 0.717) is 6.54 Å². The van der Waals surface area contributed by atoms with E-state index in [1.165, 1.54) is 12.1 Å². The maximum atomic E-state index is 13.2. The number of para-hydroxylation sites is 1. The van der Waals surface area contributed by atoms with Gasteiger partial charge >= 0.3 is 0 Å². The number of aryl methyl sites for hydroxylation is 1. The van der Waals surface area contributed by atoms with Crippen molar-refractivity contribution in [1.29, 1.82) is 0 Å². The molecule has 0 atom stereocenters. The largest absolute Gasteiger partial charge is 0.481 e. The molecule has 0 fully saturated rings. The molecule has 0 radical (unpaired) electrons. The van der Waals surface area contributed by atoms with Crippen molar-refractivity contribution in [1.82, 2.24) is 15.1 Å². The van der Waals surface area contributed by atoms with E-state index in [-0.39, 0.29) is 18.3 Å². The maximum Gasteiger partial charge on any atom is 0.258 e. The SMILES string of the molecule is Cn1cc(CNC(=O)COc2ccccc2F)cn1. The topological polar surface area (TPSA) is 56.2 Å². The highest BCUT2D eigenvalue weighted by atomic mass is 19.1. The Morgan fingerprint density at radius 3 is 2.95 bits per heavy atom. The van der Waals surface area contributed by atoms with Gasteiger partial charge in [-0.15, -0.1) is 0 Å². The van der Waals surface area contributed by atoms with Gasteiger partial charge in [0, 0.05) is 25.4 Å². The molecule has 0 aliphatic heterocycles. The third kappa shape index (κ3) is 3.80. The number of nitrogens with zero attached hydrogens (tertiary/aromatic N) is 2. The monoisotopic (exact) mass is 263 g/mol. The van der Waals surface area contributed by atoms with Crippen LogP contribution in [0.1, 0.15) is 5.56 Å². The second-order valence-corrected chi connectivity index (χ2v) is 4.02. The standard InChI is InChI=1S/C13H14FN3O2/c1-17-8-10(7-16-17)6-15-13(18)9-19-12-5-3-2-4-11(12)14/h2-5,7-8H,6,9H2,1H3,(H,15,18). The van der Waals surface area contributed by atoms with Crippen LogP contribution in [-0.4, -0.2) is 22.3 Å². The van der Waals surface area contributed by atoms with Gasteiger partial charge in [0.1, 0.15) is 0 Å².